The number of aromatic nitrogens is 2. The van der Waals surface area contributed by atoms with Gasteiger partial charge in [-0.15, -0.1) is 0 Å². The Morgan fingerprint density at radius 3 is 2.33 bits per heavy atom. The molecule has 0 amide bonds. The third-order valence-corrected chi connectivity index (χ3v) is 3.18. The Balaban J connectivity index is 2.02. The molecule has 0 aliphatic carbocycles. The lowest BCUT2D eigenvalue weighted by molar-refractivity contribution is 0.00386. The summed E-state index contributed by atoms with van der Waals surface area (Å²) >= 11 is 0. The van der Waals surface area contributed by atoms with E-state index in [1.54, 1.807) is 0 Å². The van der Waals surface area contributed by atoms with E-state index in [2.05, 4.69) is 14.9 Å². The van der Waals surface area contributed by atoms with E-state index in [0.717, 1.165) is 25.9 Å². The van der Waals surface area contributed by atoms with Gasteiger partial charge in [0.1, 0.15) is 6.10 Å². The summed E-state index contributed by atoms with van der Waals surface area (Å²) < 4.78 is 0. The molecule has 0 saturated carbocycles. The molecule has 0 radical (unpaired) electrons. The standard InChI is InChI=1S/C12H19N3O3/c16-6-3-10(17)11(18)9-7-13-12(14-8-9)15-4-1-2-5-15/h7-8,10-11,16-18H,1-6H2. The molecule has 6 nitrogen and oxygen atoms in total. The summed E-state index contributed by atoms with van der Waals surface area (Å²) in [7, 11) is 0. The zero-order valence-electron chi connectivity index (χ0n) is 10.2. The topological polar surface area (TPSA) is 89.7 Å². The van der Waals surface area contributed by atoms with Crippen molar-refractivity contribution in [1.29, 1.82) is 0 Å². The highest BCUT2D eigenvalue weighted by molar-refractivity contribution is 5.31. The summed E-state index contributed by atoms with van der Waals surface area (Å²) in [5.41, 5.74) is 0.471. The van der Waals surface area contributed by atoms with Crippen molar-refractivity contribution in [2.75, 3.05) is 24.6 Å². The van der Waals surface area contributed by atoms with Gasteiger partial charge in [-0.3, -0.25) is 0 Å². The van der Waals surface area contributed by atoms with E-state index in [1.807, 2.05) is 0 Å². The zero-order chi connectivity index (χ0) is 13.0. The maximum atomic E-state index is 9.82. The molecule has 2 rings (SSSR count). The van der Waals surface area contributed by atoms with Crippen molar-refractivity contribution in [3.05, 3.63) is 18.0 Å². The van der Waals surface area contributed by atoms with Crippen LogP contribution in [-0.2, 0) is 0 Å². The highest BCUT2D eigenvalue weighted by atomic mass is 16.3. The predicted molar refractivity (Wildman–Crippen MR) is 66.1 cm³/mol. The number of aliphatic hydroxyl groups excluding tert-OH is 3. The number of aliphatic hydroxyl groups is 3. The van der Waals surface area contributed by atoms with Crippen LogP contribution in [0.1, 0.15) is 30.9 Å². The minimum absolute atomic E-state index is 0.134. The molecule has 3 N–H and O–H groups in total. The van der Waals surface area contributed by atoms with E-state index in [0.29, 0.717) is 11.5 Å². The Bertz CT molecular complexity index is 365. The van der Waals surface area contributed by atoms with Gasteiger partial charge in [0.05, 0.1) is 6.10 Å². The van der Waals surface area contributed by atoms with Crippen molar-refractivity contribution in [2.24, 2.45) is 0 Å². The monoisotopic (exact) mass is 253 g/mol. The summed E-state index contributed by atoms with van der Waals surface area (Å²) in [5, 5.41) is 28.1. The first-order chi connectivity index (χ1) is 8.72. The van der Waals surface area contributed by atoms with Crippen LogP contribution in [-0.4, -0.2) is 51.1 Å². The predicted octanol–water partition coefficient (Wildman–Crippen LogP) is -0.147. The van der Waals surface area contributed by atoms with Crippen molar-refractivity contribution in [2.45, 2.75) is 31.5 Å². The van der Waals surface area contributed by atoms with E-state index in [4.69, 9.17) is 5.11 Å². The Morgan fingerprint density at radius 2 is 1.78 bits per heavy atom. The van der Waals surface area contributed by atoms with Crippen LogP contribution in [0.5, 0.6) is 0 Å². The second kappa shape index (κ2) is 6.08. The molecular weight excluding hydrogens is 234 g/mol. The average molecular weight is 253 g/mol. The molecular formula is C12H19N3O3. The van der Waals surface area contributed by atoms with Gasteiger partial charge in [-0.05, 0) is 19.3 Å². The van der Waals surface area contributed by atoms with E-state index >= 15 is 0 Å². The lowest BCUT2D eigenvalue weighted by atomic mass is 10.1. The first-order valence-electron chi connectivity index (χ1n) is 6.26. The number of hydrogen-bond donors (Lipinski definition) is 3. The van der Waals surface area contributed by atoms with Gasteiger partial charge in [0.2, 0.25) is 5.95 Å². The first kappa shape index (κ1) is 13.2. The van der Waals surface area contributed by atoms with Crippen LogP contribution in [0, 0.1) is 0 Å². The van der Waals surface area contributed by atoms with Gasteiger partial charge in [0.25, 0.3) is 0 Å². The fourth-order valence-corrected chi connectivity index (χ4v) is 2.08. The number of nitrogens with zero attached hydrogens (tertiary/aromatic N) is 3. The molecule has 6 heteroatoms. The molecule has 1 aliphatic heterocycles. The molecule has 2 atom stereocenters. The highest BCUT2D eigenvalue weighted by Gasteiger charge is 2.20. The van der Waals surface area contributed by atoms with E-state index in [9.17, 15) is 10.2 Å². The van der Waals surface area contributed by atoms with Crippen LogP contribution < -0.4 is 4.90 Å². The van der Waals surface area contributed by atoms with Gasteiger partial charge in [-0.25, -0.2) is 9.97 Å². The summed E-state index contributed by atoms with van der Waals surface area (Å²) in [5.74, 6) is 0.667. The Kier molecular flexibility index (Phi) is 4.46. The van der Waals surface area contributed by atoms with Crippen LogP contribution in [0.2, 0.25) is 0 Å². The molecule has 0 bridgehead atoms. The Labute approximate surface area is 106 Å². The summed E-state index contributed by atoms with van der Waals surface area (Å²) in [6.45, 7) is 1.77. The molecule has 1 aromatic heterocycles. The maximum absolute atomic E-state index is 9.82. The van der Waals surface area contributed by atoms with Crippen molar-refractivity contribution < 1.29 is 15.3 Å². The third-order valence-electron chi connectivity index (χ3n) is 3.18. The van der Waals surface area contributed by atoms with Gasteiger partial charge in [-0.2, -0.15) is 0 Å². The fraction of sp³-hybridized carbons (Fsp3) is 0.667. The summed E-state index contributed by atoms with van der Waals surface area (Å²) in [6.07, 6.45) is 3.47. The maximum Gasteiger partial charge on any atom is 0.225 e. The molecule has 1 aromatic rings. The highest BCUT2D eigenvalue weighted by Crippen LogP contribution is 2.20. The van der Waals surface area contributed by atoms with E-state index in [1.165, 1.54) is 12.4 Å². The molecule has 1 aliphatic rings. The van der Waals surface area contributed by atoms with Crippen LogP contribution in [0.4, 0.5) is 5.95 Å². The van der Waals surface area contributed by atoms with Crippen LogP contribution in [0.25, 0.3) is 0 Å². The lowest BCUT2D eigenvalue weighted by Crippen LogP contribution is -2.22. The smallest absolute Gasteiger partial charge is 0.225 e. The lowest BCUT2D eigenvalue weighted by Gasteiger charge is -2.18. The SMILES string of the molecule is OCCC(O)C(O)c1cnc(N2CCCC2)nc1. The van der Waals surface area contributed by atoms with Crippen molar-refractivity contribution in [3.63, 3.8) is 0 Å². The van der Waals surface area contributed by atoms with E-state index in [-0.39, 0.29) is 13.0 Å². The Morgan fingerprint density at radius 1 is 1.17 bits per heavy atom. The minimum atomic E-state index is -1.05. The van der Waals surface area contributed by atoms with Gasteiger partial charge in [-0.1, -0.05) is 0 Å². The normalized spacial score (nSPS) is 18.9. The molecule has 2 unspecified atom stereocenters. The minimum Gasteiger partial charge on any atom is -0.396 e. The Hall–Kier alpha value is -1.24. The molecule has 1 fully saturated rings. The summed E-state index contributed by atoms with van der Waals surface area (Å²) in [4.78, 5) is 10.5. The van der Waals surface area contributed by atoms with Crippen molar-refractivity contribution in [3.8, 4) is 0 Å². The quantitative estimate of drug-likeness (QED) is 0.676. The van der Waals surface area contributed by atoms with Gasteiger partial charge in [0, 0.05) is 37.7 Å². The zero-order valence-corrected chi connectivity index (χ0v) is 10.2. The molecule has 18 heavy (non-hydrogen) atoms. The summed E-state index contributed by atoms with van der Waals surface area (Å²) in [6, 6.07) is 0. The second-order valence-electron chi connectivity index (χ2n) is 4.54. The fourth-order valence-electron chi connectivity index (χ4n) is 2.08. The van der Waals surface area contributed by atoms with Gasteiger partial charge < -0.3 is 20.2 Å². The number of hydrogen-bond acceptors (Lipinski definition) is 6. The van der Waals surface area contributed by atoms with Crippen molar-refractivity contribution in [1.82, 2.24) is 9.97 Å². The largest absolute Gasteiger partial charge is 0.396 e. The number of anilines is 1. The molecule has 0 aromatic carbocycles. The van der Waals surface area contributed by atoms with Crippen LogP contribution in [0.15, 0.2) is 12.4 Å². The molecule has 1 saturated heterocycles. The average Bonchev–Trinajstić information content (AvgIpc) is 2.92. The van der Waals surface area contributed by atoms with E-state index < -0.39 is 12.2 Å². The van der Waals surface area contributed by atoms with Gasteiger partial charge >= 0.3 is 0 Å². The number of rotatable bonds is 5. The van der Waals surface area contributed by atoms with Crippen LogP contribution >= 0.6 is 0 Å². The molecule has 0 spiro atoms. The third kappa shape index (κ3) is 2.95. The van der Waals surface area contributed by atoms with Crippen LogP contribution in [0.3, 0.4) is 0 Å². The van der Waals surface area contributed by atoms with Gasteiger partial charge in [0.15, 0.2) is 0 Å². The molecule has 100 valence electrons. The second-order valence-corrected chi connectivity index (χ2v) is 4.54. The first-order valence-corrected chi connectivity index (χ1v) is 6.26. The molecule has 2 heterocycles. The van der Waals surface area contributed by atoms with Crippen molar-refractivity contribution >= 4 is 5.95 Å².